The Morgan fingerprint density at radius 3 is 2.53 bits per heavy atom. The molecule has 8 heteroatoms. The fourth-order valence-corrected chi connectivity index (χ4v) is 5.08. The molecule has 1 aliphatic heterocycles. The highest BCUT2D eigenvalue weighted by Gasteiger charge is 2.42. The van der Waals surface area contributed by atoms with Crippen LogP contribution in [-0.2, 0) is 4.74 Å². The standard InChI is InChI=1S/C28H27ClN4O2S/c1-19-8-10-20(11-9-19)32-15-5-7-24(32)27-26(23-6-3-4-14-30-23)31-28(36)33(27)21-12-13-25(22(29)18-21)35-17-16-34-2/h3-15,18,26-27H,16-17H2,1-2H3,(H,31,36)/t26-,27+/m0/s1. The number of hydrogen-bond donors (Lipinski definition) is 1. The summed E-state index contributed by atoms with van der Waals surface area (Å²) in [6.07, 6.45) is 3.89. The molecule has 1 N–H and O–H groups in total. The summed E-state index contributed by atoms with van der Waals surface area (Å²) in [6, 6.07) is 24.0. The van der Waals surface area contributed by atoms with Crippen molar-refractivity contribution in [1.29, 1.82) is 0 Å². The molecule has 1 aliphatic rings. The number of nitrogens with one attached hydrogen (secondary N) is 1. The van der Waals surface area contributed by atoms with Gasteiger partial charge >= 0.3 is 0 Å². The molecule has 0 aliphatic carbocycles. The number of aromatic nitrogens is 2. The first-order valence-corrected chi connectivity index (χ1v) is 12.5. The lowest BCUT2D eigenvalue weighted by Crippen LogP contribution is -2.30. The summed E-state index contributed by atoms with van der Waals surface area (Å²) in [5.74, 6) is 0.608. The maximum atomic E-state index is 6.63. The summed E-state index contributed by atoms with van der Waals surface area (Å²) in [6.45, 7) is 3.00. The summed E-state index contributed by atoms with van der Waals surface area (Å²) in [5.41, 5.74) is 5.16. The van der Waals surface area contributed by atoms with Gasteiger partial charge in [-0.2, -0.15) is 0 Å². The van der Waals surface area contributed by atoms with Crippen molar-refractivity contribution >= 4 is 34.6 Å². The van der Waals surface area contributed by atoms with Crippen molar-refractivity contribution in [2.75, 3.05) is 25.2 Å². The summed E-state index contributed by atoms with van der Waals surface area (Å²) < 4.78 is 13.0. The fourth-order valence-electron chi connectivity index (χ4n) is 4.50. The molecule has 0 spiro atoms. The minimum Gasteiger partial charge on any atom is -0.490 e. The molecule has 0 amide bonds. The Morgan fingerprint density at radius 1 is 1.00 bits per heavy atom. The minimum atomic E-state index is -0.167. The van der Waals surface area contributed by atoms with Crippen LogP contribution in [0.3, 0.4) is 0 Å². The van der Waals surface area contributed by atoms with E-state index < -0.39 is 0 Å². The van der Waals surface area contributed by atoms with Crippen LogP contribution in [0.2, 0.25) is 5.02 Å². The number of ether oxygens (including phenoxy) is 2. The molecule has 5 rings (SSSR count). The van der Waals surface area contributed by atoms with Gasteiger partial charge in [0.2, 0.25) is 0 Å². The average molecular weight is 519 g/mol. The number of rotatable bonds is 8. The molecule has 2 aromatic carbocycles. The smallest absolute Gasteiger partial charge is 0.174 e. The maximum absolute atomic E-state index is 6.63. The highest BCUT2D eigenvalue weighted by atomic mass is 35.5. The molecule has 36 heavy (non-hydrogen) atoms. The second-order valence-electron chi connectivity index (χ2n) is 8.59. The van der Waals surface area contributed by atoms with Crippen LogP contribution in [0.25, 0.3) is 5.69 Å². The molecule has 2 atom stereocenters. The molecule has 4 aromatic rings. The molecule has 6 nitrogen and oxygen atoms in total. The number of hydrogen-bond acceptors (Lipinski definition) is 4. The monoisotopic (exact) mass is 518 g/mol. The first kappa shape index (κ1) is 24.3. The van der Waals surface area contributed by atoms with Crippen molar-refractivity contribution in [2.45, 2.75) is 19.0 Å². The molecule has 1 saturated heterocycles. The highest BCUT2D eigenvalue weighted by molar-refractivity contribution is 7.80. The van der Waals surface area contributed by atoms with Gasteiger partial charge in [-0.15, -0.1) is 0 Å². The van der Waals surface area contributed by atoms with Gasteiger partial charge in [0, 0.05) is 36.6 Å². The molecule has 0 bridgehead atoms. The average Bonchev–Trinajstić information content (AvgIpc) is 3.50. The van der Waals surface area contributed by atoms with Gasteiger partial charge in [0.25, 0.3) is 0 Å². The van der Waals surface area contributed by atoms with Crippen LogP contribution in [0.4, 0.5) is 5.69 Å². The molecule has 3 heterocycles. The normalized spacial score (nSPS) is 17.3. The second-order valence-corrected chi connectivity index (χ2v) is 9.39. The summed E-state index contributed by atoms with van der Waals surface area (Å²) in [7, 11) is 1.64. The van der Waals surface area contributed by atoms with Gasteiger partial charge < -0.3 is 24.3 Å². The third-order valence-corrected chi connectivity index (χ3v) is 6.84. The van der Waals surface area contributed by atoms with E-state index in [2.05, 4.69) is 69.3 Å². The quantitative estimate of drug-likeness (QED) is 0.227. The molecule has 0 unspecified atom stereocenters. The number of thiocarbonyl (C=S) groups is 1. The van der Waals surface area contributed by atoms with Crippen molar-refractivity contribution in [1.82, 2.24) is 14.9 Å². The summed E-state index contributed by atoms with van der Waals surface area (Å²) in [5, 5.41) is 4.63. The first-order valence-electron chi connectivity index (χ1n) is 11.7. The van der Waals surface area contributed by atoms with Crippen molar-refractivity contribution < 1.29 is 9.47 Å². The molecule has 2 aromatic heterocycles. The molecular formula is C28H27ClN4O2S. The Kier molecular flexibility index (Phi) is 7.23. The number of anilines is 1. The van der Waals surface area contributed by atoms with Gasteiger partial charge in [-0.3, -0.25) is 4.98 Å². The van der Waals surface area contributed by atoms with Crippen LogP contribution in [-0.4, -0.2) is 35.0 Å². The van der Waals surface area contributed by atoms with E-state index in [0.29, 0.717) is 29.1 Å². The third kappa shape index (κ3) is 4.82. The first-order chi connectivity index (χ1) is 17.6. The highest BCUT2D eigenvalue weighted by Crippen LogP contribution is 2.43. The zero-order valence-corrected chi connectivity index (χ0v) is 21.7. The summed E-state index contributed by atoms with van der Waals surface area (Å²) in [4.78, 5) is 6.77. The van der Waals surface area contributed by atoms with Crippen molar-refractivity contribution in [3.8, 4) is 11.4 Å². The number of methoxy groups -OCH3 is 1. The Balaban J connectivity index is 1.58. The molecule has 0 saturated carbocycles. The van der Waals surface area contributed by atoms with Crippen molar-refractivity contribution in [2.24, 2.45) is 0 Å². The van der Waals surface area contributed by atoms with Crippen LogP contribution >= 0.6 is 23.8 Å². The molecule has 184 valence electrons. The van der Waals surface area contributed by atoms with Crippen LogP contribution in [0, 0.1) is 6.92 Å². The van der Waals surface area contributed by atoms with Gasteiger partial charge in [0.1, 0.15) is 18.4 Å². The Bertz CT molecular complexity index is 1340. The number of aryl methyl sites for hydroxylation is 1. The molecule has 0 radical (unpaired) electrons. The Morgan fingerprint density at radius 2 is 1.81 bits per heavy atom. The van der Waals surface area contributed by atoms with Gasteiger partial charge in [-0.25, -0.2) is 0 Å². The van der Waals surface area contributed by atoms with E-state index in [1.165, 1.54) is 5.56 Å². The van der Waals surface area contributed by atoms with E-state index in [0.717, 1.165) is 22.8 Å². The SMILES string of the molecule is COCCOc1ccc(N2C(=S)N[C@@H](c3ccccn3)[C@H]2c2cccn2-c2ccc(C)cc2)cc1Cl. The second kappa shape index (κ2) is 10.7. The fraction of sp³-hybridized carbons (Fsp3) is 0.214. The lowest BCUT2D eigenvalue weighted by Gasteiger charge is -2.29. The number of halogens is 1. The van der Waals surface area contributed by atoms with E-state index in [4.69, 9.17) is 33.3 Å². The van der Waals surface area contributed by atoms with Gasteiger partial charge in [0.15, 0.2) is 5.11 Å². The lowest BCUT2D eigenvalue weighted by atomic mass is 10.0. The predicted octanol–water partition coefficient (Wildman–Crippen LogP) is 6.04. The number of pyridine rings is 1. The topological polar surface area (TPSA) is 51.6 Å². The molecule has 1 fully saturated rings. The van der Waals surface area contributed by atoms with E-state index in [1.54, 1.807) is 7.11 Å². The van der Waals surface area contributed by atoms with Crippen LogP contribution in [0.15, 0.2) is 85.2 Å². The van der Waals surface area contributed by atoms with Gasteiger partial charge in [-0.1, -0.05) is 35.4 Å². The van der Waals surface area contributed by atoms with E-state index >= 15 is 0 Å². The van der Waals surface area contributed by atoms with Gasteiger partial charge in [0.05, 0.1) is 23.4 Å². The van der Waals surface area contributed by atoms with Gasteiger partial charge in [-0.05, 0) is 73.7 Å². The summed E-state index contributed by atoms with van der Waals surface area (Å²) >= 11 is 12.5. The zero-order chi connectivity index (χ0) is 25.1. The lowest BCUT2D eigenvalue weighted by molar-refractivity contribution is 0.146. The van der Waals surface area contributed by atoms with Crippen molar-refractivity contribution in [3.05, 3.63) is 107 Å². The number of nitrogens with zero attached hydrogens (tertiary/aromatic N) is 3. The van der Waals surface area contributed by atoms with E-state index in [1.807, 2.05) is 42.6 Å². The molecular weight excluding hydrogens is 492 g/mol. The maximum Gasteiger partial charge on any atom is 0.174 e. The van der Waals surface area contributed by atoms with Crippen LogP contribution in [0.5, 0.6) is 5.75 Å². The minimum absolute atomic E-state index is 0.158. The third-order valence-electron chi connectivity index (χ3n) is 6.23. The number of benzene rings is 2. The zero-order valence-electron chi connectivity index (χ0n) is 20.1. The van der Waals surface area contributed by atoms with Crippen LogP contribution < -0.4 is 15.0 Å². The van der Waals surface area contributed by atoms with Crippen molar-refractivity contribution in [3.63, 3.8) is 0 Å². The largest absolute Gasteiger partial charge is 0.490 e. The Hall–Kier alpha value is -3.39. The predicted molar refractivity (Wildman–Crippen MR) is 147 cm³/mol. The Labute approximate surface area is 221 Å². The van der Waals surface area contributed by atoms with E-state index in [-0.39, 0.29) is 12.1 Å². The van der Waals surface area contributed by atoms with Crippen LogP contribution in [0.1, 0.15) is 29.0 Å². The van der Waals surface area contributed by atoms with E-state index in [9.17, 15) is 0 Å².